The van der Waals surface area contributed by atoms with Crippen LogP contribution in [0, 0.1) is 26.0 Å². The first-order chi connectivity index (χ1) is 33.5. The van der Waals surface area contributed by atoms with Crippen LogP contribution in [-0.2, 0) is 30.9 Å². The summed E-state index contributed by atoms with van der Waals surface area (Å²) in [6.45, 7) is 27.1. The average Bonchev–Trinajstić information content (AvgIpc) is 3.91. The SMILES string of the molecule is CC(C)(C)c1ccnc(-c2[c-]cccc2)n1.Cc1cc(C(C)(C)C)cc(C)c1-c1cc(C(C)C)c(-n2c(-c3[c-]ccc4c3oc3cc5c(ccc6ccccc65)cc34)nc3ccccc32)c(C(C)C)c1.[Ir]. The molecule has 0 aliphatic heterocycles. The van der Waals surface area contributed by atoms with Crippen molar-refractivity contribution in [3.63, 3.8) is 0 Å². The van der Waals surface area contributed by atoms with E-state index in [1.807, 2.05) is 42.6 Å². The Hall–Kier alpha value is -6.72. The first kappa shape index (κ1) is 49.3. The Morgan fingerprint density at radius 3 is 1.94 bits per heavy atom. The third-order valence-corrected chi connectivity index (χ3v) is 13.8. The number of nitrogens with zero attached hydrogens (tertiary/aromatic N) is 4. The third kappa shape index (κ3) is 9.25. The van der Waals surface area contributed by atoms with E-state index >= 15 is 0 Å². The monoisotopic (exact) mass is 1110 g/mol. The Morgan fingerprint density at radius 1 is 0.592 bits per heavy atom. The predicted molar refractivity (Wildman–Crippen MR) is 294 cm³/mol. The van der Waals surface area contributed by atoms with Gasteiger partial charge in [0.25, 0.3) is 0 Å². The number of rotatable bonds is 6. The Morgan fingerprint density at radius 2 is 1.27 bits per heavy atom. The van der Waals surface area contributed by atoms with E-state index in [0.717, 1.165) is 61.4 Å². The molecule has 0 N–H and O–H groups in total. The van der Waals surface area contributed by atoms with Gasteiger partial charge in [-0.05, 0) is 134 Å². The number of aromatic nitrogens is 4. The predicted octanol–water partition coefficient (Wildman–Crippen LogP) is 17.8. The van der Waals surface area contributed by atoms with Gasteiger partial charge in [0.2, 0.25) is 0 Å². The minimum atomic E-state index is 0. The Labute approximate surface area is 432 Å². The Balaban J connectivity index is 0.000000313. The van der Waals surface area contributed by atoms with E-state index in [1.54, 1.807) is 0 Å². The van der Waals surface area contributed by atoms with Gasteiger partial charge in [-0.25, -0.2) is 0 Å². The van der Waals surface area contributed by atoms with Crippen LogP contribution in [0.5, 0.6) is 0 Å². The number of benzene rings is 8. The summed E-state index contributed by atoms with van der Waals surface area (Å²) in [5.74, 6) is 2.10. The summed E-state index contributed by atoms with van der Waals surface area (Å²) in [6, 6.07) is 56.3. The van der Waals surface area contributed by atoms with Gasteiger partial charge in [0.05, 0.1) is 28.3 Å². The second kappa shape index (κ2) is 19.1. The number of imidazole rings is 1. The largest absolute Gasteiger partial charge is 0.501 e. The molecule has 0 aliphatic carbocycles. The van der Waals surface area contributed by atoms with Gasteiger partial charge < -0.3 is 8.98 Å². The molecule has 359 valence electrons. The van der Waals surface area contributed by atoms with Crippen molar-refractivity contribution < 1.29 is 24.5 Å². The summed E-state index contributed by atoms with van der Waals surface area (Å²) in [5, 5.41) is 7.02. The fourth-order valence-electron chi connectivity index (χ4n) is 10.1. The minimum Gasteiger partial charge on any atom is -0.501 e. The molecule has 3 heterocycles. The summed E-state index contributed by atoms with van der Waals surface area (Å²) < 4.78 is 9.29. The molecular formula is C65H62IrN4O-2. The quantitative estimate of drug-likeness (QED) is 0.123. The molecule has 0 bridgehead atoms. The minimum absolute atomic E-state index is 0. The molecule has 0 fully saturated rings. The molecule has 0 aliphatic rings. The van der Waals surface area contributed by atoms with Crippen molar-refractivity contribution in [1.82, 2.24) is 19.5 Å². The van der Waals surface area contributed by atoms with E-state index < -0.39 is 0 Å². The average molecular weight is 1110 g/mol. The topological polar surface area (TPSA) is 56.7 Å². The van der Waals surface area contributed by atoms with Crippen LogP contribution in [0.4, 0.5) is 0 Å². The third-order valence-electron chi connectivity index (χ3n) is 13.8. The number of fused-ring (bicyclic) bond motifs is 7. The molecular weight excluding hydrogens is 1040 g/mol. The van der Waals surface area contributed by atoms with E-state index in [2.05, 4.69) is 213 Å². The molecule has 11 rings (SSSR count). The van der Waals surface area contributed by atoms with Crippen molar-refractivity contribution in [2.45, 2.75) is 106 Å². The van der Waals surface area contributed by atoms with E-state index in [9.17, 15) is 0 Å². The number of hydrogen-bond donors (Lipinski definition) is 0. The fourth-order valence-corrected chi connectivity index (χ4v) is 10.1. The van der Waals surface area contributed by atoms with Crippen LogP contribution in [0.15, 0.2) is 150 Å². The van der Waals surface area contributed by atoms with E-state index in [1.165, 1.54) is 66.2 Å². The number of hydrogen-bond acceptors (Lipinski definition) is 4. The zero-order valence-electron chi connectivity index (χ0n) is 43.0. The fraction of sp³-hybridized carbons (Fsp3) is 0.246. The molecule has 0 saturated carbocycles. The van der Waals surface area contributed by atoms with Crippen LogP contribution in [-0.4, -0.2) is 19.5 Å². The van der Waals surface area contributed by atoms with Crippen molar-refractivity contribution in [2.24, 2.45) is 0 Å². The van der Waals surface area contributed by atoms with Crippen LogP contribution >= 0.6 is 0 Å². The standard InChI is InChI=1S/C51H47N2O.C14H15N2.Ir/c1-29(2)40-26-35(47-31(5)23-36(24-32(47)6)51(7,8)9)27-41(30(3)4)48(40)53-45-20-13-12-19-44(45)52-50(53)39-18-14-17-38-43-25-34-22-21-33-15-10-11-16-37(33)42(34)28-46(43)54-49(38)39;1-14(2,3)12-9-10-15-13(16-12)11-7-5-4-6-8-11;/h10-17,19-30H,1-9H3;4-7,9-10H,1-3H3;/q2*-1;. The smallest absolute Gasteiger partial charge is 0.121 e. The van der Waals surface area contributed by atoms with Crippen molar-refractivity contribution in [1.29, 1.82) is 0 Å². The van der Waals surface area contributed by atoms with Gasteiger partial charge in [-0.15, -0.1) is 54.1 Å². The van der Waals surface area contributed by atoms with Gasteiger partial charge in [-0.3, -0.25) is 15.0 Å². The molecule has 0 amide bonds. The van der Waals surface area contributed by atoms with Crippen LogP contribution in [0.25, 0.3) is 94.1 Å². The van der Waals surface area contributed by atoms with Crippen molar-refractivity contribution >= 4 is 54.5 Å². The van der Waals surface area contributed by atoms with E-state index in [4.69, 9.17) is 9.40 Å². The molecule has 1 radical (unpaired) electrons. The van der Waals surface area contributed by atoms with Crippen LogP contribution in [0.3, 0.4) is 0 Å². The first-order valence-electron chi connectivity index (χ1n) is 24.7. The van der Waals surface area contributed by atoms with Gasteiger partial charge in [0.1, 0.15) is 5.58 Å². The maximum absolute atomic E-state index is 6.89. The van der Waals surface area contributed by atoms with Crippen molar-refractivity contribution in [3.8, 4) is 39.6 Å². The van der Waals surface area contributed by atoms with Gasteiger partial charge in [-0.1, -0.05) is 141 Å². The van der Waals surface area contributed by atoms with E-state index in [-0.39, 0.29) is 42.8 Å². The molecule has 6 heteroatoms. The van der Waals surface area contributed by atoms with E-state index in [0.29, 0.717) is 0 Å². The van der Waals surface area contributed by atoms with Gasteiger partial charge in [0.15, 0.2) is 0 Å². The molecule has 3 aromatic heterocycles. The van der Waals surface area contributed by atoms with Crippen LogP contribution in [0.2, 0.25) is 0 Å². The molecule has 0 atom stereocenters. The molecule has 5 nitrogen and oxygen atoms in total. The zero-order valence-corrected chi connectivity index (χ0v) is 45.4. The summed E-state index contributed by atoms with van der Waals surface area (Å²) in [7, 11) is 0. The first-order valence-corrected chi connectivity index (χ1v) is 24.7. The summed E-state index contributed by atoms with van der Waals surface area (Å²) in [4.78, 5) is 14.2. The molecule has 0 saturated heterocycles. The zero-order chi connectivity index (χ0) is 49.2. The van der Waals surface area contributed by atoms with Crippen LogP contribution in [0.1, 0.15) is 115 Å². The molecule has 0 spiro atoms. The maximum Gasteiger partial charge on any atom is 0.121 e. The molecule has 11 aromatic rings. The van der Waals surface area contributed by atoms with Crippen molar-refractivity contribution in [2.75, 3.05) is 0 Å². The number of furan rings is 1. The molecule has 8 aromatic carbocycles. The van der Waals surface area contributed by atoms with Crippen LogP contribution < -0.4 is 0 Å². The number of para-hydroxylation sites is 2. The second-order valence-corrected chi connectivity index (χ2v) is 21.7. The van der Waals surface area contributed by atoms with Gasteiger partial charge >= 0.3 is 0 Å². The second-order valence-electron chi connectivity index (χ2n) is 21.7. The maximum atomic E-state index is 6.89. The van der Waals surface area contributed by atoms with Crippen molar-refractivity contribution in [3.05, 3.63) is 191 Å². The summed E-state index contributed by atoms with van der Waals surface area (Å²) in [5.41, 5.74) is 17.1. The molecule has 71 heavy (non-hydrogen) atoms. The normalized spacial score (nSPS) is 12.1. The van der Waals surface area contributed by atoms with Gasteiger partial charge in [0, 0.05) is 48.5 Å². The Bertz CT molecular complexity index is 3720. The summed E-state index contributed by atoms with van der Waals surface area (Å²) >= 11 is 0. The molecule has 0 unspecified atom stereocenters. The Kier molecular flexibility index (Phi) is 13.3. The summed E-state index contributed by atoms with van der Waals surface area (Å²) in [6.07, 6.45) is 1.81. The van der Waals surface area contributed by atoms with Gasteiger partial charge in [-0.2, -0.15) is 0 Å². The number of aryl methyl sites for hydroxylation is 2.